The van der Waals surface area contributed by atoms with E-state index in [4.69, 9.17) is 11.6 Å². The van der Waals surface area contributed by atoms with Crippen LogP contribution >= 0.6 is 23.4 Å². The molecule has 1 rings (SSSR count). The molecule has 17 heavy (non-hydrogen) atoms. The first-order valence-electron chi connectivity index (χ1n) is 4.85. The summed E-state index contributed by atoms with van der Waals surface area (Å²) >= 11 is 5.31. The van der Waals surface area contributed by atoms with Gasteiger partial charge in [0.15, 0.2) is 5.78 Å². The molecule has 6 heteroatoms. The molecule has 0 bridgehead atoms. The van der Waals surface area contributed by atoms with Crippen molar-refractivity contribution in [2.24, 2.45) is 0 Å². The van der Waals surface area contributed by atoms with E-state index >= 15 is 0 Å². The van der Waals surface area contributed by atoms with E-state index in [-0.39, 0.29) is 40.3 Å². The highest BCUT2D eigenvalue weighted by Crippen LogP contribution is 2.41. The fraction of sp³-hybridized carbons (Fsp3) is 0.364. The summed E-state index contributed by atoms with van der Waals surface area (Å²) in [7, 11) is 0. The maximum absolute atomic E-state index is 12.4. The van der Waals surface area contributed by atoms with Crippen molar-refractivity contribution in [3.63, 3.8) is 0 Å². The highest BCUT2D eigenvalue weighted by molar-refractivity contribution is 8.00. The normalized spacial score (nSPS) is 11.6. The molecule has 0 atom stereocenters. The van der Waals surface area contributed by atoms with Crippen molar-refractivity contribution in [3.05, 3.63) is 29.3 Å². The molecule has 0 aliphatic rings. The second-order valence-corrected chi connectivity index (χ2v) is 4.59. The van der Waals surface area contributed by atoms with Crippen molar-refractivity contribution < 1.29 is 18.0 Å². The molecule has 94 valence electrons. The lowest BCUT2D eigenvalue weighted by Gasteiger charge is -2.13. The minimum atomic E-state index is -4.43. The van der Waals surface area contributed by atoms with E-state index in [0.717, 1.165) is 0 Å². The van der Waals surface area contributed by atoms with Crippen LogP contribution in [0.4, 0.5) is 13.2 Å². The van der Waals surface area contributed by atoms with Gasteiger partial charge in [-0.15, -0.1) is 11.6 Å². The average Bonchev–Trinajstić information content (AvgIpc) is 2.26. The summed E-state index contributed by atoms with van der Waals surface area (Å²) < 4.78 is 37.2. The van der Waals surface area contributed by atoms with Crippen molar-refractivity contribution in [1.82, 2.24) is 0 Å². The average molecular weight is 283 g/mol. The van der Waals surface area contributed by atoms with Gasteiger partial charge in [0.25, 0.3) is 0 Å². The second-order valence-electron chi connectivity index (χ2n) is 3.25. The molecule has 0 fully saturated rings. The van der Waals surface area contributed by atoms with E-state index in [1.165, 1.54) is 12.1 Å². The monoisotopic (exact) mass is 282 g/mol. The second kappa shape index (κ2) is 5.78. The highest BCUT2D eigenvalue weighted by Gasteiger charge is 2.32. The minimum Gasteiger partial charge on any atom is -0.294 e. The summed E-state index contributed by atoms with van der Waals surface area (Å²) in [5, 5.41) is 0. The lowest BCUT2D eigenvalue weighted by Crippen LogP contribution is -2.06. The molecule has 1 nitrogen and oxygen atoms in total. The molecule has 0 N–H and O–H groups in total. The van der Waals surface area contributed by atoms with Gasteiger partial charge >= 0.3 is 5.51 Å². The lowest BCUT2D eigenvalue weighted by atomic mass is 10.1. The molecule has 0 aromatic heterocycles. The Bertz CT molecular complexity index is 418. The van der Waals surface area contributed by atoms with Crippen molar-refractivity contribution in [2.75, 3.05) is 0 Å². The molecule has 0 spiro atoms. The quantitative estimate of drug-likeness (QED) is 0.455. The van der Waals surface area contributed by atoms with Crippen LogP contribution in [0.1, 0.15) is 29.3 Å². The van der Waals surface area contributed by atoms with Crippen LogP contribution in [0.15, 0.2) is 23.1 Å². The zero-order valence-corrected chi connectivity index (χ0v) is 10.5. The molecular weight excluding hydrogens is 273 g/mol. The van der Waals surface area contributed by atoms with Gasteiger partial charge in [-0.3, -0.25) is 4.79 Å². The number of carbonyl (C=O) groups is 1. The molecule has 0 saturated heterocycles. The van der Waals surface area contributed by atoms with Crippen LogP contribution in [0, 0.1) is 0 Å². The van der Waals surface area contributed by atoms with Crippen LogP contribution in [-0.2, 0) is 5.88 Å². The third-order valence-corrected chi connectivity index (χ3v) is 3.29. The Labute approximate surface area is 106 Å². The van der Waals surface area contributed by atoms with Gasteiger partial charge < -0.3 is 0 Å². The molecule has 0 radical (unpaired) electrons. The number of benzene rings is 1. The summed E-state index contributed by atoms with van der Waals surface area (Å²) in [6.45, 7) is 1.61. The van der Waals surface area contributed by atoms with E-state index in [1.54, 1.807) is 13.0 Å². The first kappa shape index (κ1) is 14.4. The molecule has 0 amide bonds. The van der Waals surface area contributed by atoms with E-state index in [2.05, 4.69) is 0 Å². The van der Waals surface area contributed by atoms with Crippen molar-refractivity contribution in [2.45, 2.75) is 29.6 Å². The Kier molecular flexibility index (Phi) is 4.89. The number of hydrogen-bond acceptors (Lipinski definition) is 2. The van der Waals surface area contributed by atoms with Gasteiger partial charge in [-0.2, -0.15) is 13.2 Å². The van der Waals surface area contributed by atoms with Crippen LogP contribution in [0.2, 0.25) is 0 Å². The third kappa shape index (κ3) is 3.92. The Morgan fingerprint density at radius 1 is 1.41 bits per heavy atom. The highest BCUT2D eigenvalue weighted by atomic mass is 35.5. The fourth-order valence-electron chi connectivity index (χ4n) is 1.34. The molecule has 0 saturated carbocycles. The number of ketones is 1. The first-order chi connectivity index (χ1) is 7.89. The van der Waals surface area contributed by atoms with Crippen molar-refractivity contribution >= 4 is 29.1 Å². The van der Waals surface area contributed by atoms with Gasteiger partial charge in [0.05, 0.1) is 0 Å². The topological polar surface area (TPSA) is 17.1 Å². The smallest absolute Gasteiger partial charge is 0.294 e. The SMILES string of the molecule is CCC(=O)c1cccc(CCl)c1SC(F)(F)F. The van der Waals surface area contributed by atoms with Crippen LogP contribution < -0.4 is 0 Å². The summed E-state index contributed by atoms with van der Waals surface area (Å²) in [5.41, 5.74) is -4.01. The van der Waals surface area contributed by atoms with Gasteiger partial charge in [0, 0.05) is 22.8 Å². The third-order valence-electron chi connectivity index (χ3n) is 2.08. The lowest BCUT2D eigenvalue weighted by molar-refractivity contribution is -0.0328. The Morgan fingerprint density at radius 2 is 2.06 bits per heavy atom. The molecule has 1 aromatic rings. The van der Waals surface area contributed by atoms with Crippen LogP contribution in [0.3, 0.4) is 0 Å². The predicted molar refractivity (Wildman–Crippen MR) is 62.5 cm³/mol. The summed E-state index contributed by atoms with van der Waals surface area (Å²) in [6.07, 6.45) is 0.164. The van der Waals surface area contributed by atoms with Gasteiger partial charge in [0.2, 0.25) is 0 Å². The van der Waals surface area contributed by atoms with Gasteiger partial charge in [-0.25, -0.2) is 0 Å². The van der Waals surface area contributed by atoms with E-state index < -0.39 is 5.51 Å². The largest absolute Gasteiger partial charge is 0.446 e. The number of rotatable bonds is 4. The van der Waals surface area contributed by atoms with Crippen LogP contribution in [0.5, 0.6) is 0 Å². The van der Waals surface area contributed by atoms with E-state index in [9.17, 15) is 18.0 Å². The number of alkyl halides is 4. The van der Waals surface area contributed by atoms with E-state index in [0.29, 0.717) is 5.56 Å². The van der Waals surface area contributed by atoms with Gasteiger partial charge in [-0.1, -0.05) is 25.1 Å². The van der Waals surface area contributed by atoms with Crippen LogP contribution in [0.25, 0.3) is 0 Å². The zero-order chi connectivity index (χ0) is 13.1. The van der Waals surface area contributed by atoms with Gasteiger partial charge in [0.1, 0.15) is 0 Å². The number of carbonyl (C=O) groups excluding carboxylic acids is 1. The maximum Gasteiger partial charge on any atom is 0.446 e. The summed E-state index contributed by atoms with van der Waals surface area (Å²) in [5.74, 6) is -0.368. The zero-order valence-electron chi connectivity index (χ0n) is 8.97. The Morgan fingerprint density at radius 3 is 2.53 bits per heavy atom. The number of Topliss-reactive ketones (excluding diaryl/α,β-unsaturated/α-hetero) is 1. The Hall–Kier alpha value is -0.680. The number of hydrogen-bond donors (Lipinski definition) is 0. The predicted octanol–water partition coefficient (Wildman–Crippen LogP) is 4.63. The molecule has 0 aliphatic heterocycles. The molecule has 0 unspecified atom stereocenters. The molecule has 0 aliphatic carbocycles. The number of halogens is 4. The molecule has 1 aromatic carbocycles. The van der Waals surface area contributed by atoms with E-state index in [1.807, 2.05) is 0 Å². The molecule has 0 heterocycles. The van der Waals surface area contributed by atoms with Crippen molar-refractivity contribution in [3.8, 4) is 0 Å². The Balaban J connectivity index is 3.25. The first-order valence-corrected chi connectivity index (χ1v) is 6.21. The van der Waals surface area contributed by atoms with Crippen LogP contribution in [-0.4, -0.2) is 11.3 Å². The summed E-state index contributed by atoms with van der Waals surface area (Å²) in [4.78, 5) is 11.5. The minimum absolute atomic E-state index is 0.0523. The maximum atomic E-state index is 12.4. The fourth-order valence-corrected chi connectivity index (χ4v) is 2.43. The number of thioether (sulfide) groups is 1. The standard InChI is InChI=1S/C11H10ClF3OS/c1-2-9(16)8-5-3-4-7(6-12)10(8)17-11(13,14)15/h3-5H,2,6H2,1H3. The van der Waals surface area contributed by atoms with Crippen molar-refractivity contribution in [1.29, 1.82) is 0 Å². The van der Waals surface area contributed by atoms with Gasteiger partial charge in [-0.05, 0) is 17.3 Å². The molecular formula is C11H10ClF3OS. The summed E-state index contributed by atoms with van der Waals surface area (Å²) in [6, 6.07) is 4.44.